The van der Waals surface area contributed by atoms with Gasteiger partial charge >= 0.3 is 0 Å². The molecule has 1 unspecified atom stereocenters. The molecular weight excluding hydrogens is 182 g/mol. The number of carbonyl (C=O) groups excluding carboxylic acids is 2. The first kappa shape index (κ1) is 9.45. The maximum Gasteiger partial charge on any atom is 0.263 e. The van der Waals surface area contributed by atoms with E-state index < -0.39 is 0 Å². The lowest BCUT2D eigenvalue weighted by atomic mass is 10.0. The molecule has 2 saturated heterocycles. The van der Waals surface area contributed by atoms with E-state index in [9.17, 15) is 9.59 Å². The summed E-state index contributed by atoms with van der Waals surface area (Å²) in [5.41, 5.74) is 0. The molecule has 2 aliphatic rings. The Bertz CT molecular complexity index is 228. The first-order valence-corrected chi connectivity index (χ1v) is 5.00. The number of nitrogens with zero attached hydrogens (tertiary/aromatic N) is 2. The third kappa shape index (κ3) is 1.72. The van der Waals surface area contributed by atoms with Crippen LogP contribution in [0.3, 0.4) is 0 Å². The average molecular weight is 196 g/mol. The van der Waals surface area contributed by atoms with E-state index in [4.69, 9.17) is 0 Å². The fraction of sp³-hybridized carbons (Fsp3) is 0.778. The lowest BCUT2D eigenvalue weighted by Crippen LogP contribution is -2.57. The minimum atomic E-state index is -0.279. The lowest BCUT2D eigenvalue weighted by molar-refractivity contribution is -0.142. The molecule has 1 N–H and O–H groups in total. The predicted octanol–water partition coefficient (Wildman–Crippen LogP) is -1.29. The van der Waals surface area contributed by atoms with Crippen LogP contribution >= 0.6 is 0 Å². The summed E-state index contributed by atoms with van der Waals surface area (Å²) in [6.45, 7) is 2.37. The highest BCUT2D eigenvalue weighted by Crippen LogP contribution is 2.13. The Kier molecular flexibility index (Phi) is 2.67. The van der Waals surface area contributed by atoms with Crippen molar-refractivity contribution in [2.45, 2.75) is 18.9 Å². The Morgan fingerprint density at radius 1 is 1.43 bits per heavy atom. The molecular formula is C9H14N3O2. The third-order valence-corrected chi connectivity index (χ3v) is 2.69. The fourth-order valence-corrected chi connectivity index (χ4v) is 1.94. The third-order valence-electron chi connectivity index (χ3n) is 2.69. The summed E-state index contributed by atoms with van der Waals surface area (Å²) in [5, 5.41) is 6.85. The molecule has 5 nitrogen and oxygen atoms in total. The van der Waals surface area contributed by atoms with E-state index in [-0.39, 0.29) is 17.9 Å². The highest BCUT2D eigenvalue weighted by Gasteiger charge is 2.33. The first-order chi connectivity index (χ1) is 6.79. The van der Waals surface area contributed by atoms with Gasteiger partial charge in [0, 0.05) is 19.6 Å². The van der Waals surface area contributed by atoms with Gasteiger partial charge in [0.2, 0.25) is 5.91 Å². The molecule has 2 amide bonds. The fourth-order valence-electron chi connectivity index (χ4n) is 1.94. The number of amides is 2. The minimum Gasteiger partial charge on any atom is -0.328 e. The van der Waals surface area contributed by atoms with Gasteiger partial charge in [0.1, 0.15) is 6.04 Å². The van der Waals surface area contributed by atoms with Gasteiger partial charge in [0.25, 0.3) is 5.91 Å². The van der Waals surface area contributed by atoms with E-state index in [1.54, 1.807) is 4.90 Å². The zero-order valence-corrected chi connectivity index (χ0v) is 8.03. The molecule has 0 aromatic rings. The van der Waals surface area contributed by atoms with E-state index in [0.717, 1.165) is 19.4 Å². The molecule has 2 fully saturated rings. The normalized spacial score (nSPS) is 28.9. The van der Waals surface area contributed by atoms with E-state index in [1.807, 2.05) is 0 Å². The summed E-state index contributed by atoms with van der Waals surface area (Å²) in [5.74, 6) is -0.0989. The van der Waals surface area contributed by atoms with Crippen molar-refractivity contribution >= 4 is 11.8 Å². The highest BCUT2D eigenvalue weighted by molar-refractivity contribution is 5.89. The molecule has 2 rings (SSSR count). The van der Waals surface area contributed by atoms with Gasteiger partial charge in [0.05, 0.1) is 6.54 Å². The van der Waals surface area contributed by atoms with E-state index in [1.165, 1.54) is 0 Å². The van der Waals surface area contributed by atoms with Gasteiger partial charge in [-0.25, -0.2) is 5.32 Å². The molecule has 0 saturated carbocycles. The summed E-state index contributed by atoms with van der Waals surface area (Å²) >= 11 is 0. The second-order valence-electron chi connectivity index (χ2n) is 3.64. The molecule has 0 bridgehead atoms. The summed E-state index contributed by atoms with van der Waals surface area (Å²) in [4.78, 5) is 24.6. The van der Waals surface area contributed by atoms with Gasteiger partial charge in [-0.05, 0) is 12.8 Å². The van der Waals surface area contributed by atoms with Crippen LogP contribution in [0.2, 0.25) is 0 Å². The van der Waals surface area contributed by atoms with Crippen molar-refractivity contribution in [3.63, 3.8) is 0 Å². The van der Waals surface area contributed by atoms with Crippen LogP contribution in [0.5, 0.6) is 0 Å². The quantitative estimate of drug-likeness (QED) is 0.567. The molecule has 5 heteroatoms. The van der Waals surface area contributed by atoms with Crippen molar-refractivity contribution in [3.8, 4) is 0 Å². The predicted molar refractivity (Wildman–Crippen MR) is 49.6 cm³/mol. The Morgan fingerprint density at radius 3 is 3.00 bits per heavy atom. The number of nitrogens with one attached hydrogen (secondary N) is 1. The van der Waals surface area contributed by atoms with Crippen LogP contribution in [0, 0.1) is 0 Å². The zero-order valence-electron chi connectivity index (χ0n) is 8.03. The molecule has 2 heterocycles. The average Bonchev–Trinajstić information content (AvgIpc) is 2.20. The van der Waals surface area contributed by atoms with E-state index in [2.05, 4.69) is 10.6 Å². The van der Waals surface area contributed by atoms with E-state index in [0.29, 0.717) is 19.6 Å². The van der Waals surface area contributed by atoms with Gasteiger partial charge < -0.3 is 10.2 Å². The molecule has 0 aliphatic carbocycles. The van der Waals surface area contributed by atoms with Crippen molar-refractivity contribution in [2.24, 2.45) is 0 Å². The van der Waals surface area contributed by atoms with Crippen molar-refractivity contribution in [2.75, 3.05) is 26.2 Å². The highest BCUT2D eigenvalue weighted by atomic mass is 16.2. The van der Waals surface area contributed by atoms with Crippen molar-refractivity contribution in [1.82, 2.24) is 15.5 Å². The van der Waals surface area contributed by atoms with Crippen LogP contribution < -0.4 is 10.6 Å². The Hall–Kier alpha value is -1.10. The first-order valence-electron chi connectivity index (χ1n) is 5.00. The number of piperazine rings is 1. The van der Waals surface area contributed by atoms with Crippen LogP contribution in [-0.4, -0.2) is 48.9 Å². The number of rotatable bonds is 1. The van der Waals surface area contributed by atoms with Gasteiger partial charge in [-0.15, -0.1) is 0 Å². The van der Waals surface area contributed by atoms with Crippen LogP contribution in [0.1, 0.15) is 12.8 Å². The van der Waals surface area contributed by atoms with Crippen molar-refractivity contribution < 1.29 is 9.59 Å². The summed E-state index contributed by atoms with van der Waals surface area (Å²) in [6, 6.07) is -0.279. The largest absolute Gasteiger partial charge is 0.328 e. The molecule has 1 radical (unpaired) electrons. The van der Waals surface area contributed by atoms with Crippen LogP contribution in [-0.2, 0) is 9.59 Å². The van der Waals surface area contributed by atoms with Crippen LogP contribution in [0.15, 0.2) is 0 Å². The number of carbonyl (C=O) groups is 2. The summed E-state index contributed by atoms with van der Waals surface area (Å²) < 4.78 is 0. The Morgan fingerprint density at radius 2 is 2.29 bits per heavy atom. The van der Waals surface area contributed by atoms with Gasteiger partial charge in [-0.1, -0.05) is 0 Å². The number of piperidine rings is 1. The molecule has 2 aliphatic heterocycles. The molecule has 0 aromatic heterocycles. The van der Waals surface area contributed by atoms with Crippen molar-refractivity contribution in [3.05, 3.63) is 0 Å². The Balaban J connectivity index is 2.04. The second-order valence-corrected chi connectivity index (χ2v) is 3.64. The topological polar surface area (TPSA) is 63.5 Å². The van der Waals surface area contributed by atoms with Gasteiger partial charge in [-0.3, -0.25) is 9.59 Å². The molecule has 1 atom stereocenters. The van der Waals surface area contributed by atoms with Gasteiger partial charge in [0.15, 0.2) is 0 Å². The lowest BCUT2D eigenvalue weighted by Gasteiger charge is -2.35. The maximum absolute atomic E-state index is 11.5. The van der Waals surface area contributed by atoms with Crippen LogP contribution in [0.25, 0.3) is 0 Å². The van der Waals surface area contributed by atoms with E-state index >= 15 is 0 Å². The Labute approximate surface area is 82.8 Å². The standard InChI is InChI=1S/C9H14N3O2/c13-8-6-10-4-5-12(8)7-2-1-3-11-9(7)14/h7,10H,1-6H2. The summed E-state index contributed by atoms with van der Waals surface area (Å²) in [7, 11) is 0. The smallest absolute Gasteiger partial charge is 0.263 e. The second kappa shape index (κ2) is 3.96. The number of hydrogen-bond donors (Lipinski definition) is 1. The van der Waals surface area contributed by atoms with Crippen molar-refractivity contribution in [1.29, 1.82) is 0 Å². The SMILES string of the molecule is O=C1[N]CCCC1N1CCNCC1=O. The maximum atomic E-state index is 11.5. The monoisotopic (exact) mass is 196 g/mol. The molecule has 77 valence electrons. The van der Waals surface area contributed by atoms with Crippen LogP contribution in [0.4, 0.5) is 0 Å². The van der Waals surface area contributed by atoms with Gasteiger partial charge in [-0.2, -0.15) is 0 Å². The zero-order chi connectivity index (χ0) is 9.97. The molecule has 14 heavy (non-hydrogen) atoms. The minimum absolute atomic E-state index is 0.0201. The molecule has 0 spiro atoms. The number of hydrogen-bond acceptors (Lipinski definition) is 3. The summed E-state index contributed by atoms with van der Waals surface area (Å²) in [6.07, 6.45) is 1.68. The molecule has 0 aromatic carbocycles.